The largest absolute Gasteiger partial charge is 0.495 e. The third-order valence-electron chi connectivity index (χ3n) is 6.19. The van der Waals surface area contributed by atoms with Crippen LogP contribution in [0, 0.1) is 16.0 Å². The zero-order chi connectivity index (χ0) is 24.5. The summed E-state index contributed by atoms with van der Waals surface area (Å²) in [6.45, 7) is 3.61. The van der Waals surface area contributed by atoms with E-state index in [1.54, 1.807) is 6.07 Å². The number of sulfonamides is 1. The second kappa shape index (κ2) is 9.59. The van der Waals surface area contributed by atoms with Crippen molar-refractivity contribution in [3.05, 3.63) is 52.1 Å². The van der Waals surface area contributed by atoms with E-state index in [0.29, 0.717) is 11.6 Å². The number of piperidine rings is 1. The predicted octanol–water partition coefficient (Wildman–Crippen LogP) is 3.53. The first-order chi connectivity index (χ1) is 16.2. The summed E-state index contributed by atoms with van der Waals surface area (Å²) in [7, 11) is -2.33. The Morgan fingerprint density at radius 3 is 2.44 bits per heavy atom. The number of carbonyl (C=O) groups is 1. The van der Waals surface area contributed by atoms with Crippen molar-refractivity contribution in [2.24, 2.45) is 5.92 Å². The maximum absolute atomic E-state index is 13.0. The molecule has 1 aliphatic carbocycles. The van der Waals surface area contributed by atoms with E-state index < -0.39 is 20.9 Å². The first-order valence-corrected chi connectivity index (χ1v) is 12.7. The van der Waals surface area contributed by atoms with Crippen molar-refractivity contribution in [2.75, 3.05) is 30.4 Å². The fourth-order valence-electron chi connectivity index (χ4n) is 3.96. The summed E-state index contributed by atoms with van der Waals surface area (Å²) >= 11 is 0. The first kappa shape index (κ1) is 24.0. The number of nitrogens with one attached hydrogen (secondary N) is 2. The fraction of sp³-hybridized carbons (Fsp3) is 0.435. The van der Waals surface area contributed by atoms with Crippen LogP contribution >= 0.6 is 0 Å². The van der Waals surface area contributed by atoms with Gasteiger partial charge in [0.2, 0.25) is 10.0 Å². The van der Waals surface area contributed by atoms with E-state index in [-0.39, 0.29) is 33.6 Å². The third-order valence-corrected chi connectivity index (χ3v) is 7.71. The van der Waals surface area contributed by atoms with Crippen LogP contribution in [0.15, 0.2) is 41.3 Å². The number of anilines is 2. The molecule has 2 N–H and O–H groups in total. The normalized spacial score (nSPS) is 16.8. The van der Waals surface area contributed by atoms with Crippen molar-refractivity contribution in [3.63, 3.8) is 0 Å². The average Bonchev–Trinajstić information content (AvgIpc) is 3.62. The van der Waals surface area contributed by atoms with Gasteiger partial charge in [0.1, 0.15) is 11.4 Å². The van der Waals surface area contributed by atoms with Gasteiger partial charge in [0.15, 0.2) is 0 Å². The van der Waals surface area contributed by atoms with Crippen molar-refractivity contribution >= 4 is 33.0 Å². The van der Waals surface area contributed by atoms with Gasteiger partial charge < -0.3 is 15.0 Å². The van der Waals surface area contributed by atoms with Crippen molar-refractivity contribution in [3.8, 4) is 5.75 Å². The molecule has 0 spiro atoms. The molecule has 0 aromatic heterocycles. The van der Waals surface area contributed by atoms with Gasteiger partial charge in [0, 0.05) is 30.8 Å². The number of carbonyl (C=O) groups excluding carboxylic acids is 1. The zero-order valence-corrected chi connectivity index (χ0v) is 19.9. The molecule has 0 radical (unpaired) electrons. The minimum Gasteiger partial charge on any atom is -0.495 e. The second-order valence-corrected chi connectivity index (χ2v) is 10.6. The molecular weight excluding hydrogens is 460 g/mol. The van der Waals surface area contributed by atoms with E-state index >= 15 is 0 Å². The van der Waals surface area contributed by atoms with Gasteiger partial charge in [-0.3, -0.25) is 14.9 Å². The zero-order valence-electron chi connectivity index (χ0n) is 19.1. The minimum absolute atomic E-state index is 0.00356. The number of nitrogens with zero attached hydrogens (tertiary/aromatic N) is 2. The molecule has 11 heteroatoms. The van der Waals surface area contributed by atoms with Crippen LogP contribution in [0.3, 0.4) is 0 Å². The molecule has 2 fully saturated rings. The van der Waals surface area contributed by atoms with Crippen LogP contribution in [0.1, 0.15) is 43.0 Å². The Kier molecular flexibility index (Phi) is 6.76. The van der Waals surface area contributed by atoms with Crippen LogP contribution in [0.4, 0.5) is 17.1 Å². The standard InChI is InChI=1S/C23H28N4O6S/c1-15-9-11-26(12-10-15)20-7-3-16(13-21(20)27(29)30)23(28)24-19-14-18(6-8-22(19)33-2)34(31,32)25-17-4-5-17/h3,6-8,13-15,17,25H,4-5,9-12H2,1-2H3,(H,24,28). The van der Waals surface area contributed by atoms with E-state index in [9.17, 15) is 23.3 Å². The summed E-state index contributed by atoms with van der Waals surface area (Å²) in [6.07, 6.45) is 3.50. The summed E-state index contributed by atoms with van der Waals surface area (Å²) in [6, 6.07) is 8.51. The van der Waals surface area contributed by atoms with Crippen LogP contribution in [0.25, 0.3) is 0 Å². The first-order valence-electron chi connectivity index (χ1n) is 11.2. The van der Waals surface area contributed by atoms with Gasteiger partial charge in [-0.2, -0.15) is 0 Å². The van der Waals surface area contributed by atoms with Crippen LogP contribution in [0.2, 0.25) is 0 Å². The van der Waals surface area contributed by atoms with Gasteiger partial charge in [-0.15, -0.1) is 0 Å². The van der Waals surface area contributed by atoms with Crippen molar-refractivity contribution in [1.29, 1.82) is 0 Å². The highest BCUT2D eigenvalue weighted by molar-refractivity contribution is 7.89. The number of methoxy groups -OCH3 is 1. The van der Waals surface area contributed by atoms with E-state index in [1.807, 2.05) is 4.90 Å². The number of amides is 1. The van der Waals surface area contributed by atoms with Crippen molar-refractivity contribution < 1.29 is 22.9 Å². The Labute approximate surface area is 198 Å². The van der Waals surface area contributed by atoms with Gasteiger partial charge in [-0.05, 0) is 61.9 Å². The molecule has 1 aliphatic heterocycles. The molecule has 1 amide bonds. The Hall–Kier alpha value is -3.18. The molecule has 0 unspecified atom stereocenters. The van der Waals surface area contributed by atoms with Crippen LogP contribution in [0.5, 0.6) is 5.75 Å². The van der Waals surface area contributed by atoms with Gasteiger partial charge in [0.05, 0.1) is 22.6 Å². The number of hydrogen-bond donors (Lipinski definition) is 2. The molecule has 10 nitrogen and oxygen atoms in total. The maximum atomic E-state index is 13.0. The highest BCUT2D eigenvalue weighted by atomic mass is 32.2. The number of nitro benzene ring substituents is 1. The summed E-state index contributed by atoms with van der Waals surface area (Å²) in [5, 5.41) is 14.4. The highest BCUT2D eigenvalue weighted by Gasteiger charge is 2.29. The topological polar surface area (TPSA) is 131 Å². The fourth-order valence-corrected chi connectivity index (χ4v) is 5.29. The van der Waals surface area contributed by atoms with Gasteiger partial charge in [-0.1, -0.05) is 6.92 Å². The smallest absolute Gasteiger partial charge is 0.293 e. The molecule has 0 bridgehead atoms. The van der Waals surface area contributed by atoms with Crippen molar-refractivity contribution in [1.82, 2.24) is 4.72 Å². The number of rotatable bonds is 8. The average molecular weight is 489 g/mol. The number of hydrogen-bond acceptors (Lipinski definition) is 7. The molecule has 0 atom stereocenters. The molecule has 2 aromatic rings. The SMILES string of the molecule is COc1ccc(S(=O)(=O)NC2CC2)cc1NC(=O)c1ccc(N2CCC(C)CC2)c([N+](=O)[O-])c1. The van der Waals surface area contributed by atoms with Crippen molar-refractivity contribution in [2.45, 2.75) is 43.5 Å². The molecule has 2 aromatic carbocycles. The van der Waals surface area contributed by atoms with Crippen LogP contribution in [-0.2, 0) is 10.0 Å². The summed E-state index contributed by atoms with van der Waals surface area (Å²) in [4.78, 5) is 26.2. The molecule has 1 saturated carbocycles. The molecule has 1 heterocycles. The van der Waals surface area contributed by atoms with E-state index in [2.05, 4.69) is 17.0 Å². The summed E-state index contributed by atoms with van der Waals surface area (Å²) in [5.41, 5.74) is 0.597. The van der Waals surface area contributed by atoms with Gasteiger partial charge in [0.25, 0.3) is 11.6 Å². The monoisotopic (exact) mass is 488 g/mol. The third kappa shape index (κ3) is 5.31. The lowest BCUT2D eigenvalue weighted by Crippen LogP contribution is -2.33. The number of benzene rings is 2. The lowest BCUT2D eigenvalue weighted by Gasteiger charge is -2.31. The number of nitro groups is 1. The van der Waals surface area contributed by atoms with E-state index in [0.717, 1.165) is 38.8 Å². The summed E-state index contributed by atoms with van der Waals surface area (Å²) in [5.74, 6) is 0.242. The Bertz CT molecular complexity index is 1200. The lowest BCUT2D eigenvalue weighted by molar-refractivity contribution is -0.384. The molecular formula is C23H28N4O6S. The minimum atomic E-state index is -3.74. The van der Waals surface area contributed by atoms with E-state index in [1.165, 1.54) is 37.4 Å². The molecule has 34 heavy (non-hydrogen) atoms. The Morgan fingerprint density at radius 2 is 1.82 bits per heavy atom. The number of ether oxygens (including phenoxy) is 1. The molecule has 2 aliphatic rings. The van der Waals surface area contributed by atoms with E-state index in [4.69, 9.17) is 4.74 Å². The molecule has 4 rings (SSSR count). The summed E-state index contributed by atoms with van der Waals surface area (Å²) < 4.78 is 33.0. The van der Waals surface area contributed by atoms with Crippen LogP contribution in [-0.4, -0.2) is 45.5 Å². The molecule has 182 valence electrons. The van der Waals surface area contributed by atoms with Gasteiger partial charge >= 0.3 is 0 Å². The highest BCUT2D eigenvalue weighted by Crippen LogP contribution is 2.34. The molecule has 1 saturated heterocycles. The quantitative estimate of drug-likeness (QED) is 0.429. The lowest BCUT2D eigenvalue weighted by atomic mass is 9.98. The van der Waals surface area contributed by atoms with Gasteiger partial charge in [-0.25, -0.2) is 13.1 Å². The Balaban J connectivity index is 1.59. The van der Waals surface area contributed by atoms with Crippen LogP contribution < -0.4 is 19.7 Å². The second-order valence-electron chi connectivity index (χ2n) is 8.84. The predicted molar refractivity (Wildman–Crippen MR) is 128 cm³/mol. The maximum Gasteiger partial charge on any atom is 0.293 e. The Morgan fingerprint density at radius 1 is 1.12 bits per heavy atom.